The minimum atomic E-state index is -0.246. The molecule has 0 spiro atoms. The Bertz CT molecular complexity index is 1410. The van der Waals surface area contributed by atoms with Gasteiger partial charge in [0.05, 0.1) is 17.0 Å². The average Bonchev–Trinajstić information content (AvgIpc) is 3.33. The van der Waals surface area contributed by atoms with Crippen LogP contribution in [0.4, 0.5) is 4.39 Å². The summed E-state index contributed by atoms with van der Waals surface area (Å²) in [6, 6.07) is 16.6. The van der Waals surface area contributed by atoms with Crippen LogP contribution in [-0.2, 0) is 24.3 Å². The molecule has 1 amide bonds. The van der Waals surface area contributed by atoms with E-state index < -0.39 is 0 Å². The molecule has 0 radical (unpaired) electrons. The van der Waals surface area contributed by atoms with Crippen molar-refractivity contribution in [3.8, 4) is 0 Å². The number of halogens is 1. The largest absolute Gasteiger partial charge is 0.342 e. The molecule has 0 saturated carbocycles. The molecule has 2 aromatic carbocycles. The summed E-state index contributed by atoms with van der Waals surface area (Å²) in [5, 5.41) is 1.08. The third-order valence-electron chi connectivity index (χ3n) is 5.88. The summed E-state index contributed by atoms with van der Waals surface area (Å²) >= 11 is 6.85. The van der Waals surface area contributed by atoms with Crippen LogP contribution in [0.5, 0.6) is 0 Å². The number of benzene rings is 2. The molecule has 34 heavy (non-hydrogen) atoms. The summed E-state index contributed by atoms with van der Waals surface area (Å²) in [4.78, 5) is 19.6. The van der Waals surface area contributed by atoms with Crippen LogP contribution in [-0.4, -0.2) is 24.7 Å². The molecule has 0 N–H and O–H groups in total. The number of thiocarbonyl (C=S) groups is 1. The van der Waals surface area contributed by atoms with Gasteiger partial charge in [-0.1, -0.05) is 67.3 Å². The van der Waals surface area contributed by atoms with Crippen molar-refractivity contribution in [2.45, 2.75) is 26.4 Å². The number of nitrogens with zero attached hydrogens (tertiary/aromatic N) is 3. The Hall–Kier alpha value is -3.29. The Balaban J connectivity index is 1.52. The first-order valence-corrected chi connectivity index (χ1v) is 12.3. The van der Waals surface area contributed by atoms with Gasteiger partial charge in [0.25, 0.3) is 5.91 Å². The molecular weight excluding hydrogens is 465 g/mol. The summed E-state index contributed by atoms with van der Waals surface area (Å²) in [5.41, 5.74) is 5.27. The summed E-state index contributed by atoms with van der Waals surface area (Å²) in [6.07, 6.45) is 8.35. The second kappa shape index (κ2) is 9.52. The van der Waals surface area contributed by atoms with Gasteiger partial charge in [-0.15, -0.1) is 0 Å². The fourth-order valence-electron chi connectivity index (χ4n) is 4.23. The van der Waals surface area contributed by atoms with Crippen LogP contribution in [0.3, 0.4) is 0 Å². The van der Waals surface area contributed by atoms with E-state index in [4.69, 9.17) is 12.2 Å². The zero-order chi connectivity index (χ0) is 23.7. The van der Waals surface area contributed by atoms with Crippen molar-refractivity contribution < 1.29 is 9.18 Å². The molecule has 170 valence electrons. The molecular formula is C27H22FN3OS2. The highest BCUT2D eigenvalue weighted by Gasteiger charge is 2.32. The predicted molar refractivity (Wildman–Crippen MR) is 140 cm³/mol. The number of thioether (sulfide) groups is 1. The minimum absolute atomic E-state index is 0.0927. The van der Waals surface area contributed by atoms with Crippen molar-refractivity contribution in [3.05, 3.63) is 106 Å². The molecule has 1 saturated heterocycles. The first-order chi connectivity index (χ1) is 16.5. The van der Waals surface area contributed by atoms with E-state index in [2.05, 4.69) is 34.8 Å². The van der Waals surface area contributed by atoms with Crippen molar-refractivity contribution in [2.24, 2.45) is 0 Å². The molecule has 2 aromatic heterocycles. The van der Waals surface area contributed by atoms with E-state index in [-0.39, 0.29) is 11.7 Å². The fraction of sp³-hybridized carbons (Fsp3) is 0.148. The van der Waals surface area contributed by atoms with Crippen LogP contribution in [0.15, 0.2) is 78.1 Å². The van der Waals surface area contributed by atoms with Crippen LogP contribution in [0.1, 0.15) is 29.2 Å². The molecule has 0 aliphatic carbocycles. The van der Waals surface area contributed by atoms with Crippen LogP contribution < -0.4 is 0 Å². The number of amides is 1. The number of para-hydroxylation sites is 1. The van der Waals surface area contributed by atoms with Crippen LogP contribution in [0.2, 0.25) is 0 Å². The summed E-state index contributed by atoms with van der Waals surface area (Å²) < 4.78 is 16.1. The molecule has 4 aromatic rings. The maximum absolute atomic E-state index is 13.4. The molecule has 3 heterocycles. The molecule has 1 aliphatic rings. The zero-order valence-corrected chi connectivity index (χ0v) is 20.2. The standard InChI is InChI=1S/C27H22FN3OS2/c1-2-20-6-3-7-23-21(17-30(25(20)23)15-18-8-10-22(28)11-9-18)13-24-26(32)31(27(33)34-24)16-19-5-4-12-29-14-19/h3-14,17H,2,15-16H2,1H3/b24-13-. The number of aryl methyl sites for hydroxylation is 1. The first-order valence-electron chi connectivity index (χ1n) is 11.0. The average molecular weight is 488 g/mol. The van der Waals surface area contributed by atoms with E-state index in [9.17, 15) is 9.18 Å². The number of fused-ring (bicyclic) bond motifs is 1. The number of aromatic nitrogens is 2. The quantitative estimate of drug-likeness (QED) is 0.240. The van der Waals surface area contributed by atoms with E-state index in [1.165, 1.54) is 29.5 Å². The van der Waals surface area contributed by atoms with Gasteiger partial charge in [-0.05, 0) is 47.4 Å². The molecule has 4 nitrogen and oxygen atoms in total. The highest BCUT2D eigenvalue weighted by Crippen LogP contribution is 2.36. The molecule has 0 bridgehead atoms. The molecule has 5 rings (SSSR count). The first kappa shape index (κ1) is 22.5. The molecule has 7 heteroatoms. The third kappa shape index (κ3) is 4.41. The summed E-state index contributed by atoms with van der Waals surface area (Å²) in [5.74, 6) is -0.339. The molecule has 0 atom stereocenters. The number of rotatable bonds is 6. The maximum atomic E-state index is 13.4. The normalized spacial score (nSPS) is 15.1. The Morgan fingerprint density at radius 2 is 1.88 bits per heavy atom. The predicted octanol–water partition coefficient (Wildman–Crippen LogP) is 6.19. The van der Waals surface area contributed by atoms with Gasteiger partial charge in [-0.25, -0.2) is 4.39 Å². The Labute approximate surface area is 207 Å². The van der Waals surface area contributed by atoms with E-state index in [0.717, 1.165) is 34.0 Å². The lowest BCUT2D eigenvalue weighted by Crippen LogP contribution is -2.27. The van der Waals surface area contributed by atoms with E-state index in [1.807, 2.05) is 24.3 Å². The lowest BCUT2D eigenvalue weighted by atomic mass is 10.1. The van der Waals surface area contributed by atoms with Crippen molar-refractivity contribution in [1.82, 2.24) is 14.5 Å². The van der Waals surface area contributed by atoms with Crippen LogP contribution >= 0.6 is 24.0 Å². The second-order valence-corrected chi connectivity index (χ2v) is 9.81. The van der Waals surface area contributed by atoms with Crippen LogP contribution in [0.25, 0.3) is 17.0 Å². The number of hydrogen-bond donors (Lipinski definition) is 0. The van der Waals surface area contributed by atoms with Crippen molar-refractivity contribution in [2.75, 3.05) is 0 Å². The van der Waals surface area contributed by atoms with Gasteiger partial charge >= 0.3 is 0 Å². The number of hydrogen-bond acceptors (Lipinski definition) is 4. The van der Waals surface area contributed by atoms with Gasteiger partial charge in [0, 0.05) is 36.1 Å². The van der Waals surface area contributed by atoms with Crippen molar-refractivity contribution in [3.63, 3.8) is 0 Å². The Kier molecular flexibility index (Phi) is 6.30. The lowest BCUT2D eigenvalue weighted by molar-refractivity contribution is -0.122. The van der Waals surface area contributed by atoms with Crippen molar-refractivity contribution >= 4 is 51.2 Å². The summed E-state index contributed by atoms with van der Waals surface area (Å²) in [7, 11) is 0. The highest BCUT2D eigenvalue weighted by atomic mass is 32.2. The number of carbonyl (C=O) groups is 1. The summed E-state index contributed by atoms with van der Waals surface area (Å²) in [6.45, 7) is 3.15. The van der Waals surface area contributed by atoms with Crippen molar-refractivity contribution in [1.29, 1.82) is 0 Å². The monoisotopic (exact) mass is 487 g/mol. The van der Waals surface area contributed by atoms with Gasteiger partial charge in [0.2, 0.25) is 0 Å². The van der Waals surface area contributed by atoms with Crippen LogP contribution in [0, 0.1) is 5.82 Å². The minimum Gasteiger partial charge on any atom is -0.342 e. The second-order valence-electron chi connectivity index (χ2n) is 8.13. The lowest BCUT2D eigenvalue weighted by Gasteiger charge is -2.13. The smallest absolute Gasteiger partial charge is 0.266 e. The van der Waals surface area contributed by atoms with Gasteiger partial charge in [0.1, 0.15) is 10.1 Å². The van der Waals surface area contributed by atoms with Gasteiger partial charge in [0.15, 0.2) is 0 Å². The topological polar surface area (TPSA) is 38.1 Å². The maximum Gasteiger partial charge on any atom is 0.266 e. The number of pyridine rings is 1. The zero-order valence-electron chi connectivity index (χ0n) is 18.6. The third-order valence-corrected chi connectivity index (χ3v) is 7.26. The molecule has 1 aliphatic heterocycles. The fourth-order valence-corrected chi connectivity index (χ4v) is 5.47. The SMILES string of the molecule is CCc1cccc2c(/C=C3\SC(=S)N(Cc4cccnc4)C3=O)cn(Cc3ccc(F)cc3)c12. The molecule has 1 fully saturated rings. The van der Waals surface area contributed by atoms with E-state index in [0.29, 0.717) is 22.3 Å². The van der Waals surface area contributed by atoms with E-state index in [1.54, 1.807) is 29.4 Å². The van der Waals surface area contributed by atoms with E-state index >= 15 is 0 Å². The van der Waals surface area contributed by atoms with Gasteiger partial charge < -0.3 is 4.57 Å². The number of carbonyl (C=O) groups excluding carboxylic acids is 1. The Morgan fingerprint density at radius 1 is 1.06 bits per heavy atom. The molecule has 0 unspecified atom stereocenters. The van der Waals surface area contributed by atoms with Gasteiger partial charge in [-0.2, -0.15) is 0 Å². The highest BCUT2D eigenvalue weighted by molar-refractivity contribution is 8.26. The van der Waals surface area contributed by atoms with Gasteiger partial charge in [-0.3, -0.25) is 14.7 Å². The Morgan fingerprint density at radius 3 is 2.62 bits per heavy atom.